The molecule has 1 unspecified atom stereocenters. The molecule has 2 fully saturated rings. The lowest BCUT2D eigenvalue weighted by Crippen LogP contribution is -2.88. The van der Waals surface area contributed by atoms with E-state index in [2.05, 4.69) is 0 Å². The lowest BCUT2D eigenvalue weighted by molar-refractivity contribution is -0.417. The number of nitrogens with zero attached hydrogens (tertiary/aromatic N) is 1. The molecule has 0 aromatic heterocycles. The van der Waals surface area contributed by atoms with Crippen LogP contribution in [0.15, 0.2) is 0 Å². The molecule has 10 nitrogen and oxygen atoms in total. The molecule has 1 aliphatic carbocycles. The molecule has 1 saturated carbocycles. The number of aliphatic hydroxyl groups is 2. The van der Waals surface area contributed by atoms with Crippen LogP contribution in [0.1, 0.15) is 46.5 Å². The molecule has 4 N–H and O–H groups in total. The number of hydrogen-bond donors (Lipinski definition) is 3. The van der Waals surface area contributed by atoms with Gasteiger partial charge in [-0.2, -0.15) is 15.9 Å². The van der Waals surface area contributed by atoms with Crippen LogP contribution in [-0.4, -0.2) is 76.4 Å². The minimum atomic E-state index is -1.86. The topological polar surface area (TPSA) is 141 Å². The number of aliphatic hydroxyl groups excluding tert-OH is 2. The van der Waals surface area contributed by atoms with E-state index >= 15 is 0 Å². The Kier molecular flexibility index (Phi) is 7.31. The van der Waals surface area contributed by atoms with Gasteiger partial charge >= 0.3 is 0 Å². The van der Waals surface area contributed by atoms with Crippen LogP contribution in [0.4, 0.5) is 0 Å². The van der Waals surface area contributed by atoms with Crippen LogP contribution < -0.4 is 5.90 Å². The van der Waals surface area contributed by atoms with Gasteiger partial charge < -0.3 is 24.4 Å². The molecule has 1 saturated heterocycles. The molecule has 27 heavy (non-hydrogen) atoms. The first-order valence-electron chi connectivity index (χ1n) is 9.37. The van der Waals surface area contributed by atoms with E-state index in [1.807, 2.05) is 20.8 Å². The van der Waals surface area contributed by atoms with Crippen LogP contribution in [-0.2, 0) is 28.7 Å². The smallest absolute Gasteiger partial charge is 0.251 e. The van der Waals surface area contributed by atoms with E-state index in [1.54, 1.807) is 0 Å². The number of amides is 1. The van der Waals surface area contributed by atoms with E-state index in [1.165, 1.54) is 0 Å². The van der Waals surface area contributed by atoms with E-state index < -0.39 is 41.3 Å². The van der Waals surface area contributed by atoms with Crippen molar-refractivity contribution in [3.05, 3.63) is 0 Å². The Balaban J connectivity index is 2.62. The summed E-state index contributed by atoms with van der Waals surface area (Å²) in [6, 6.07) is 0. The van der Waals surface area contributed by atoms with Gasteiger partial charge in [-0.1, -0.05) is 20.8 Å². The van der Waals surface area contributed by atoms with Crippen molar-refractivity contribution in [2.75, 3.05) is 19.8 Å². The summed E-state index contributed by atoms with van der Waals surface area (Å²) >= 11 is 0. The summed E-state index contributed by atoms with van der Waals surface area (Å²) in [5.74, 6) is 2.10. The van der Waals surface area contributed by atoms with Crippen LogP contribution in [0.25, 0.3) is 0 Å². The fraction of sp³-hybridized carbons (Fsp3) is 0.882. The fourth-order valence-corrected chi connectivity index (χ4v) is 3.72. The van der Waals surface area contributed by atoms with E-state index in [4.69, 9.17) is 25.0 Å². The number of ketones is 1. The monoisotopic (exact) mass is 390 g/mol. The maximum Gasteiger partial charge on any atom is 0.251 e. The molecular formula is C17H30N2O8. The summed E-state index contributed by atoms with van der Waals surface area (Å²) < 4.78 is 17.7. The number of Topliss-reactive ketones (excluding diaryl/α,β-unsaturated/α-hetero) is 1. The zero-order valence-corrected chi connectivity index (χ0v) is 16.1. The second-order valence-electron chi connectivity index (χ2n) is 6.80. The van der Waals surface area contributed by atoms with Crippen LogP contribution in [0.2, 0.25) is 0 Å². The molecule has 0 radical (unpaired) electrons. The van der Waals surface area contributed by atoms with Crippen LogP contribution in [0, 0.1) is 0 Å². The Hall–Kier alpha value is -1.14. The van der Waals surface area contributed by atoms with Gasteiger partial charge in [-0.15, -0.1) is 0 Å². The summed E-state index contributed by atoms with van der Waals surface area (Å²) in [6.07, 6.45) is -3.41. The molecular weight excluding hydrogens is 360 g/mol. The van der Waals surface area contributed by atoms with Crippen molar-refractivity contribution < 1.29 is 39.0 Å². The highest BCUT2D eigenvalue weighted by Gasteiger charge is 2.79. The van der Waals surface area contributed by atoms with E-state index in [9.17, 15) is 19.8 Å². The van der Waals surface area contributed by atoms with Gasteiger partial charge in [0.05, 0.1) is 6.42 Å². The second kappa shape index (κ2) is 8.91. The molecule has 1 heterocycles. The van der Waals surface area contributed by atoms with Gasteiger partial charge in [-0.25, -0.2) is 0 Å². The maximum absolute atomic E-state index is 12.8. The number of hydrogen-bond acceptors (Lipinski definition) is 9. The first-order chi connectivity index (χ1) is 12.9. The minimum absolute atomic E-state index is 0.167. The third-order valence-electron chi connectivity index (χ3n) is 4.93. The number of carbonyl (C=O) groups excluding carboxylic acids is 2. The highest BCUT2D eigenvalue weighted by Crippen LogP contribution is 2.52. The molecule has 1 aliphatic heterocycles. The van der Waals surface area contributed by atoms with Gasteiger partial charge in [0.25, 0.3) is 5.91 Å². The van der Waals surface area contributed by atoms with Crippen molar-refractivity contribution in [3.8, 4) is 0 Å². The van der Waals surface area contributed by atoms with Gasteiger partial charge in [-0.05, 0) is 19.3 Å². The predicted molar refractivity (Wildman–Crippen MR) is 91.7 cm³/mol. The SMILES string of the molecule is CCCO[C@@H]1C(=O)[C@H](O)[C@H](O)C2(CC(=O)N2ON)C1(OCCC)OCCC. The molecule has 0 aromatic rings. The Labute approximate surface area is 158 Å². The number of hydroxylamine groups is 2. The minimum Gasteiger partial charge on any atom is -0.387 e. The Morgan fingerprint density at radius 2 is 1.63 bits per heavy atom. The molecule has 2 rings (SSSR count). The molecule has 10 heteroatoms. The van der Waals surface area contributed by atoms with Crippen LogP contribution >= 0.6 is 0 Å². The molecule has 0 bridgehead atoms. The molecule has 2 aliphatic rings. The Bertz CT molecular complexity index is 537. The van der Waals surface area contributed by atoms with Gasteiger partial charge in [0, 0.05) is 19.8 Å². The standard InChI is InChI=1S/C17H30N2O8/c1-4-7-24-15-13(22)12(21)14(23)16(10-11(20)19(16)27-18)17(15,25-8-5-2)26-9-6-3/h12,14-15,21,23H,4-10,18H2,1-3H3/t12-,14-,15+,16?/m0/s1. The zero-order valence-electron chi connectivity index (χ0n) is 16.1. The average Bonchev–Trinajstić information content (AvgIpc) is 2.65. The van der Waals surface area contributed by atoms with Crippen LogP contribution in [0.5, 0.6) is 0 Å². The zero-order chi connectivity index (χ0) is 20.2. The Morgan fingerprint density at radius 1 is 1.07 bits per heavy atom. The highest BCUT2D eigenvalue weighted by atomic mass is 16.8. The van der Waals surface area contributed by atoms with E-state index in [0.29, 0.717) is 19.3 Å². The van der Waals surface area contributed by atoms with Crippen molar-refractivity contribution >= 4 is 11.7 Å². The highest BCUT2D eigenvalue weighted by molar-refractivity contribution is 5.94. The maximum atomic E-state index is 12.8. The summed E-state index contributed by atoms with van der Waals surface area (Å²) in [4.78, 5) is 29.6. The van der Waals surface area contributed by atoms with Crippen molar-refractivity contribution in [3.63, 3.8) is 0 Å². The lowest BCUT2D eigenvalue weighted by Gasteiger charge is -2.63. The fourth-order valence-electron chi connectivity index (χ4n) is 3.72. The van der Waals surface area contributed by atoms with Crippen LogP contribution in [0.3, 0.4) is 0 Å². The number of carbonyl (C=O) groups is 2. The summed E-state index contributed by atoms with van der Waals surface area (Å²) in [5, 5.41) is 21.9. The third-order valence-corrected chi connectivity index (χ3v) is 4.93. The van der Waals surface area contributed by atoms with Gasteiger partial charge in [0.1, 0.15) is 12.2 Å². The number of rotatable bonds is 10. The normalized spacial score (nSPS) is 32.8. The van der Waals surface area contributed by atoms with E-state index in [0.717, 1.165) is 5.06 Å². The molecule has 156 valence electrons. The number of ether oxygens (including phenoxy) is 3. The second-order valence-corrected chi connectivity index (χ2v) is 6.80. The summed E-state index contributed by atoms with van der Waals surface area (Å²) in [6.45, 7) is 6.11. The quantitative estimate of drug-likeness (QED) is 0.253. The van der Waals surface area contributed by atoms with Crippen molar-refractivity contribution in [2.45, 2.75) is 76.1 Å². The van der Waals surface area contributed by atoms with Gasteiger partial charge in [-0.3, -0.25) is 9.59 Å². The Morgan fingerprint density at radius 3 is 2.07 bits per heavy atom. The van der Waals surface area contributed by atoms with Gasteiger partial charge in [0.15, 0.2) is 17.4 Å². The average molecular weight is 390 g/mol. The first-order valence-corrected chi connectivity index (χ1v) is 9.37. The first kappa shape index (κ1) is 22.2. The van der Waals surface area contributed by atoms with Crippen molar-refractivity contribution in [2.24, 2.45) is 5.90 Å². The predicted octanol–water partition coefficient (Wildman–Crippen LogP) is -0.588. The molecule has 1 amide bonds. The summed E-state index contributed by atoms with van der Waals surface area (Å²) in [5.41, 5.74) is -1.71. The molecule has 4 atom stereocenters. The molecule has 0 aromatic carbocycles. The third kappa shape index (κ3) is 3.29. The van der Waals surface area contributed by atoms with Gasteiger partial charge in [0.2, 0.25) is 5.79 Å². The van der Waals surface area contributed by atoms with E-state index in [-0.39, 0.29) is 26.2 Å². The molecule has 1 spiro atoms. The number of β-lactam (4-membered cyclic amide) rings is 1. The summed E-state index contributed by atoms with van der Waals surface area (Å²) in [7, 11) is 0. The van der Waals surface area contributed by atoms with Crippen molar-refractivity contribution in [1.29, 1.82) is 0 Å². The largest absolute Gasteiger partial charge is 0.387 e. The van der Waals surface area contributed by atoms with Crippen molar-refractivity contribution in [1.82, 2.24) is 5.06 Å². The lowest BCUT2D eigenvalue weighted by atomic mass is 9.64. The number of nitrogens with two attached hydrogens (primary N) is 1.